The van der Waals surface area contributed by atoms with Crippen LogP contribution in [0.25, 0.3) is 0 Å². The summed E-state index contributed by atoms with van der Waals surface area (Å²) >= 11 is 0. The van der Waals surface area contributed by atoms with Gasteiger partial charge in [0.05, 0.1) is 23.6 Å². The number of hydrogen-bond donors (Lipinski definition) is 2. The normalized spacial score (nSPS) is 12.4. The highest BCUT2D eigenvalue weighted by Crippen LogP contribution is 2.28. The fraction of sp³-hybridized carbons (Fsp3) is 0.333. The van der Waals surface area contributed by atoms with Crippen LogP contribution in [0.2, 0.25) is 0 Å². The van der Waals surface area contributed by atoms with E-state index in [2.05, 4.69) is 15.6 Å². The largest absolute Gasteiger partial charge is 0.444 e. The zero-order valence-corrected chi connectivity index (χ0v) is 14.6. The number of carbonyl (C=O) groups excluding carboxylic acids is 1. The van der Waals surface area contributed by atoms with Crippen molar-refractivity contribution in [3.8, 4) is 0 Å². The van der Waals surface area contributed by atoms with Crippen molar-refractivity contribution in [1.82, 2.24) is 4.98 Å². The molecule has 0 saturated heterocycles. The van der Waals surface area contributed by atoms with Crippen molar-refractivity contribution < 1.29 is 18.3 Å². The molecule has 134 valence electrons. The molecular weight excluding hydrogens is 328 g/mol. The third-order valence-corrected chi connectivity index (χ3v) is 3.22. The van der Waals surface area contributed by atoms with Crippen molar-refractivity contribution in [2.24, 2.45) is 0 Å². The topological polar surface area (TPSA) is 63.2 Å². The summed E-state index contributed by atoms with van der Waals surface area (Å²) in [6.07, 6.45) is 1.97. The molecule has 1 aromatic heterocycles. The molecule has 2 N–H and O–H groups in total. The number of amides is 1. The van der Waals surface area contributed by atoms with Crippen LogP contribution >= 0.6 is 0 Å². The fourth-order valence-electron chi connectivity index (χ4n) is 2.14. The molecule has 1 aromatic carbocycles. The lowest BCUT2D eigenvalue weighted by Crippen LogP contribution is -2.27. The van der Waals surface area contributed by atoms with Gasteiger partial charge in [0.15, 0.2) is 0 Å². The average Bonchev–Trinajstić information content (AvgIpc) is 2.48. The molecule has 7 heteroatoms. The minimum absolute atomic E-state index is 0.350. The zero-order valence-electron chi connectivity index (χ0n) is 14.6. The second-order valence-electron chi connectivity index (χ2n) is 6.62. The van der Waals surface area contributed by atoms with Crippen LogP contribution in [0.4, 0.5) is 25.0 Å². The molecule has 0 saturated carbocycles. The number of pyridine rings is 1. The molecule has 0 aliphatic carbocycles. The first-order valence-corrected chi connectivity index (χ1v) is 7.80. The molecule has 0 spiro atoms. The smallest absolute Gasteiger partial charge is 0.412 e. The molecule has 2 rings (SSSR count). The summed E-state index contributed by atoms with van der Waals surface area (Å²) in [5.41, 5.74) is 0.639. The lowest BCUT2D eigenvalue weighted by atomic mass is 10.1. The maximum Gasteiger partial charge on any atom is 0.412 e. The molecule has 0 bridgehead atoms. The first-order chi connectivity index (χ1) is 11.6. The maximum absolute atomic E-state index is 13.6. The third kappa shape index (κ3) is 5.70. The molecule has 1 unspecified atom stereocenters. The number of nitrogens with zero attached hydrogens (tertiary/aromatic N) is 1. The highest BCUT2D eigenvalue weighted by Gasteiger charge is 2.18. The van der Waals surface area contributed by atoms with Crippen LogP contribution in [-0.2, 0) is 4.74 Å². The number of benzene rings is 1. The fourth-order valence-corrected chi connectivity index (χ4v) is 2.14. The van der Waals surface area contributed by atoms with Crippen LogP contribution in [0.1, 0.15) is 39.3 Å². The van der Waals surface area contributed by atoms with Gasteiger partial charge >= 0.3 is 6.09 Å². The number of halogens is 2. The lowest BCUT2D eigenvalue weighted by molar-refractivity contribution is 0.0636. The van der Waals surface area contributed by atoms with Gasteiger partial charge in [-0.1, -0.05) is 0 Å². The van der Waals surface area contributed by atoms with Crippen LogP contribution in [0.5, 0.6) is 0 Å². The van der Waals surface area contributed by atoms with Gasteiger partial charge in [-0.2, -0.15) is 0 Å². The van der Waals surface area contributed by atoms with Gasteiger partial charge in [0.1, 0.15) is 17.2 Å². The molecule has 0 fully saturated rings. The van der Waals surface area contributed by atoms with E-state index in [4.69, 9.17) is 4.74 Å². The van der Waals surface area contributed by atoms with E-state index < -0.39 is 23.3 Å². The number of nitrogens with one attached hydrogen (secondary N) is 2. The van der Waals surface area contributed by atoms with Crippen LogP contribution in [0, 0.1) is 11.6 Å². The van der Waals surface area contributed by atoms with Crippen molar-refractivity contribution in [2.75, 3.05) is 10.6 Å². The van der Waals surface area contributed by atoms with Crippen molar-refractivity contribution in [2.45, 2.75) is 39.3 Å². The quantitative estimate of drug-likeness (QED) is 0.826. The molecule has 1 atom stereocenters. The molecule has 5 nitrogen and oxygen atoms in total. The predicted molar refractivity (Wildman–Crippen MR) is 92.5 cm³/mol. The third-order valence-electron chi connectivity index (χ3n) is 3.22. The molecule has 25 heavy (non-hydrogen) atoms. The molecule has 0 aliphatic heterocycles. The summed E-state index contributed by atoms with van der Waals surface area (Å²) in [4.78, 5) is 15.7. The second kappa shape index (κ2) is 7.46. The van der Waals surface area contributed by atoms with Gasteiger partial charge in [0.2, 0.25) is 0 Å². The Morgan fingerprint density at radius 3 is 2.48 bits per heavy atom. The first-order valence-electron chi connectivity index (χ1n) is 7.80. The molecule has 1 amide bonds. The molecule has 1 heterocycles. The summed E-state index contributed by atoms with van der Waals surface area (Å²) in [7, 11) is 0. The maximum atomic E-state index is 13.6. The SMILES string of the molecule is CC(Nc1cc(F)ccc1NC(=O)OC(C)(C)C)c1cncc(F)c1. The molecular formula is C18H21F2N3O2. The number of anilines is 2. The summed E-state index contributed by atoms with van der Waals surface area (Å²) in [6, 6.07) is 4.88. The van der Waals surface area contributed by atoms with Gasteiger partial charge in [-0.25, -0.2) is 13.6 Å². The molecule has 2 aromatic rings. The zero-order chi connectivity index (χ0) is 18.6. The Morgan fingerprint density at radius 1 is 1.12 bits per heavy atom. The van der Waals surface area contributed by atoms with Crippen molar-refractivity contribution in [1.29, 1.82) is 0 Å². The molecule has 0 radical (unpaired) electrons. The van der Waals surface area contributed by atoms with Crippen molar-refractivity contribution in [3.05, 3.63) is 53.9 Å². The van der Waals surface area contributed by atoms with Crippen LogP contribution in [0.15, 0.2) is 36.7 Å². The van der Waals surface area contributed by atoms with Gasteiger partial charge in [0, 0.05) is 6.20 Å². The number of carbonyl (C=O) groups is 1. The summed E-state index contributed by atoms with van der Waals surface area (Å²) < 4.78 is 32.1. The van der Waals surface area contributed by atoms with E-state index in [1.165, 1.54) is 30.5 Å². The number of rotatable bonds is 4. The minimum atomic E-state index is -0.655. The van der Waals surface area contributed by atoms with E-state index in [9.17, 15) is 13.6 Å². The Hall–Kier alpha value is -2.70. The Kier molecular flexibility index (Phi) is 5.56. The highest BCUT2D eigenvalue weighted by molar-refractivity contribution is 5.89. The van der Waals surface area contributed by atoms with Crippen LogP contribution < -0.4 is 10.6 Å². The summed E-state index contributed by atoms with van der Waals surface area (Å²) in [5, 5.41) is 5.63. The van der Waals surface area contributed by atoms with Crippen LogP contribution in [-0.4, -0.2) is 16.7 Å². The van der Waals surface area contributed by atoms with E-state index in [0.717, 1.165) is 6.20 Å². The van der Waals surface area contributed by atoms with E-state index in [1.54, 1.807) is 27.7 Å². The van der Waals surface area contributed by atoms with Gasteiger partial charge in [-0.05, 0) is 57.5 Å². The van der Waals surface area contributed by atoms with Gasteiger partial charge in [-0.15, -0.1) is 0 Å². The van der Waals surface area contributed by atoms with Crippen LogP contribution in [0.3, 0.4) is 0 Å². The number of ether oxygens (including phenoxy) is 1. The Morgan fingerprint density at radius 2 is 1.84 bits per heavy atom. The molecule has 0 aliphatic rings. The predicted octanol–water partition coefficient (Wildman–Crippen LogP) is 4.88. The van der Waals surface area contributed by atoms with E-state index in [-0.39, 0.29) is 6.04 Å². The Balaban J connectivity index is 2.19. The monoisotopic (exact) mass is 349 g/mol. The number of hydrogen-bond acceptors (Lipinski definition) is 4. The Labute approximate surface area is 145 Å². The second-order valence-corrected chi connectivity index (χ2v) is 6.62. The van der Waals surface area contributed by atoms with Crippen molar-refractivity contribution in [3.63, 3.8) is 0 Å². The van der Waals surface area contributed by atoms with Gasteiger partial charge in [0.25, 0.3) is 0 Å². The van der Waals surface area contributed by atoms with E-state index >= 15 is 0 Å². The minimum Gasteiger partial charge on any atom is -0.444 e. The summed E-state index contributed by atoms with van der Waals surface area (Å²) in [5.74, 6) is -0.931. The standard InChI is InChI=1S/C18H21F2N3O2/c1-11(12-7-14(20)10-21-9-12)22-16-8-13(19)5-6-15(16)23-17(24)25-18(2,3)4/h5-11,22H,1-4H3,(H,23,24). The number of aromatic nitrogens is 1. The Bertz CT molecular complexity index is 760. The van der Waals surface area contributed by atoms with E-state index in [0.29, 0.717) is 16.9 Å². The van der Waals surface area contributed by atoms with Gasteiger partial charge in [-0.3, -0.25) is 10.3 Å². The average molecular weight is 349 g/mol. The van der Waals surface area contributed by atoms with Crippen molar-refractivity contribution >= 4 is 17.5 Å². The van der Waals surface area contributed by atoms with E-state index in [1.807, 2.05) is 0 Å². The van der Waals surface area contributed by atoms with Gasteiger partial charge < -0.3 is 10.1 Å². The highest BCUT2D eigenvalue weighted by atomic mass is 19.1. The lowest BCUT2D eigenvalue weighted by Gasteiger charge is -2.22. The first kappa shape index (κ1) is 18.6. The summed E-state index contributed by atoms with van der Waals surface area (Å²) in [6.45, 7) is 7.01.